The van der Waals surface area contributed by atoms with Gasteiger partial charge in [0.05, 0.1) is 23.7 Å². The highest BCUT2D eigenvalue weighted by Crippen LogP contribution is 2.08. The molecule has 3 nitrogen and oxygen atoms in total. The number of rotatable bonds is 3. The van der Waals surface area contributed by atoms with Gasteiger partial charge >= 0.3 is 0 Å². The van der Waals surface area contributed by atoms with Gasteiger partial charge < -0.3 is 0 Å². The monoisotopic (exact) mass is 179 g/mol. The molecule has 4 heteroatoms. The fourth-order valence-electron chi connectivity index (χ4n) is 0.568. The zero-order valence-electron chi connectivity index (χ0n) is 6.82. The molecular weight excluding hydrogens is 170 g/mol. The molecule has 0 amide bonds. The third kappa shape index (κ3) is 3.23. The van der Waals surface area contributed by atoms with Gasteiger partial charge in [-0.15, -0.1) is 18.3 Å². The third-order valence-corrected chi connectivity index (χ3v) is 1.87. The van der Waals surface area contributed by atoms with Crippen LogP contribution in [0.4, 0.5) is 0 Å². The van der Waals surface area contributed by atoms with Gasteiger partial charge in [0.15, 0.2) is 5.92 Å². The highest BCUT2D eigenvalue weighted by atomic mass is 32.2. The molecule has 0 bridgehead atoms. The van der Waals surface area contributed by atoms with Crippen LogP contribution in [-0.2, 0) is 0 Å². The van der Waals surface area contributed by atoms with Crippen LogP contribution >= 0.6 is 11.8 Å². The summed E-state index contributed by atoms with van der Waals surface area (Å²) in [4.78, 5) is 4.02. The normalized spacial score (nSPS) is 10.5. The Hall–Kier alpha value is -1.26. The summed E-state index contributed by atoms with van der Waals surface area (Å²) in [6, 6.07) is 3.73. The Balaban J connectivity index is 4.45. The summed E-state index contributed by atoms with van der Waals surface area (Å²) < 4.78 is 0. The average molecular weight is 179 g/mol. The van der Waals surface area contributed by atoms with E-state index in [0.717, 1.165) is 0 Å². The van der Waals surface area contributed by atoms with Crippen molar-refractivity contribution in [3.63, 3.8) is 0 Å². The van der Waals surface area contributed by atoms with Gasteiger partial charge in [-0.2, -0.15) is 10.5 Å². The van der Waals surface area contributed by atoms with Crippen molar-refractivity contribution in [2.75, 3.05) is 12.8 Å². The first kappa shape index (κ1) is 10.7. The van der Waals surface area contributed by atoms with E-state index >= 15 is 0 Å². The Bertz CT molecular complexity index is 242. The van der Waals surface area contributed by atoms with E-state index in [1.807, 2.05) is 12.1 Å². The van der Waals surface area contributed by atoms with Crippen LogP contribution in [0.5, 0.6) is 0 Å². The first-order valence-electron chi connectivity index (χ1n) is 3.28. The molecule has 0 aromatic rings. The van der Waals surface area contributed by atoms with Gasteiger partial charge in [0.1, 0.15) is 0 Å². The Morgan fingerprint density at radius 3 is 2.58 bits per heavy atom. The van der Waals surface area contributed by atoms with E-state index in [9.17, 15) is 0 Å². The predicted molar refractivity (Wildman–Crippen MR) is 50.7 cm³/mol. The molecule has 0 unspecified atom stereocenters. The number of hydrogen-bond donors (Lipinski definition) is 0. The van der Waals surface area contributed by atoms with Crippen LogP contribution in [0.15, 0.2) is 17.6 Å². The smallest absolute Gasteiger partial charge is 0.180 e. The summed E-state index contributed by atoms with van der Waals surface area (Å²) >= 11 is 1.32. The minimum Gasteiger partial charge on any atom is -0.276 e. The summed E-state index contributed by atoms with van der Waals surface area (Å²) in [6.07, 6.45) is 3.42. The second-order valence-electron chi connectivity index (χ2n) is 1.86. The molecule has 0 saturated carbocycles. The van der Waals surface area contributed by atoms with E-state index in [1.54, 1.807) is 12.3 Å². The Labute approximate surface area is 76.4 Å². The zero-order chi connectivity index (χ0) is 9.40. The van der Waals surface area contributed by atoms with E-state index in [4.69, 9.17) is 10.5 Å². The number of aliphatic imine (C=N–C) groups is 1. The summed E-state index contributed by atoms with van der Waals surface area (Å²) in [5.41, 5.74) is 0. The van der Waals surface area contributed by atoms with Crippen molar-refractivity contribution in [2.24, 2.45) is 10.9 Å². The largest absolute Gasteiger partial charge is 0.276 e. The Morgan fingerprint density at radius 2 is 2.25 bits per heavy atom. The highest BCUT2D eigenvalue weighted by molar-refractivity contribution is 8.13. The van der Waals surface area contributed by atoms with Crippen LogP contribution in [0.25, 0.3) is 0 Å². The molecule has 0 heterocycles. The maximum Gasteiger partial charge on any atom is 0.180 e. The molecule has 12 heavy (non-hydrogen) atoms. The molecule has 0 N–H and O–H groups in total. The summed E-state index contributed by atoms with van der Waals surface area (Å²) in [7, 11) is 0. The first-order chi connectivity index (χ1) is 5.79. The molecular formula is C8H9N3S. The number of thioether (sulfide) groups is 1. The van der Waals surface area contributed by atoms with Crippen LogP contribution in [0.1, 0.15) is 0 Å². The molecule has 0 saturated heterocycles. The average Bonchev–Trinajstić information content (AvgIpc) is 2.12. The molecule has 62 valence electrons. The van der Waals surface area contributed by atoms with Crippen molar-refractivity contribution in [1.82, 2.24) is 0 Å². The van der Waals surface area contributed by atoms with Crippen LogP contribution in [0.2, 0.25) is 0 Å². The molecule has 0 radical (unpaired) electrons. The van der Waals surface area contributed by atoms with Crippen molar-refractivity contribution in [2.45, 2.75) is 0 Å². The molecule has 0 aliphatic carbocycles. The van der Waals surface area contributed by atoms with E-state index in [-0.39, 0.29) is 0 Å². The molecule has 0 rings (SSSR count). The van der Waals surface area contributed by atoms with E-state index < -0.39 is 5.92 Å². The maximum atomic E-state index is 8.53. The summed E-state index contributed by atoms with van der Waals surface area (Å²) in [5, 5.41) is 17.6. The molecule has 0 spiro atoms. The van der Waals surface area contributed by atoms with Gasteiger partial charge in [0.25, 0.3) is 0 Å². The lowest BCUT2D eigenvalue weighted by Crippen LogP contribution is -2.06. The van der Waals surface area contributed by atoms with Crippen molar-refractivity contribution >= 4 is 16.8 Å². The molecule has 0 aromatic carbocycles. The second-order valence-corrected chi connectivity index (χ2v) is 2.69. The molecule has 0 aliphatic rings. The SMILES string of the molecule is C=CCN=C(SC)C(C#N)C#N. The van der Waals surface area contributed by atoms with Crippen molar-refractivity contribution in [1.29, 1.82) is 10.5 Å². The van der Waals surface area contributed by atoms with Gasteiger partial charge in [-0.3, -0.25) is 4.99 Å². The standard InChI is InChI=1S/C8H9N3S/c1-3-4-11-8(12-2)7(5-9)6-10/h3,7H,1,4H2,2H3. The molecule has 0 aliphatic heterocycles. The van der Waals surface area contributed by atoms with E-state index in [0.29, 0.717) is 11.6 Å². The Morgan fingerprint density at radius 1 is 1.67 bits per heavy atom. The molecule has 0 atom stereocenters. The first-order valence-corrected chi connectivity index (χ1v) is 4.51. The van der Waals surface area contributed by atoms with Crippen LogP contribution < -0.4 is 0 Å². The van der Waals surface area contributed by atoms with Crippen molar-refractivity contribution < 1.29 is 0 Å². The number of hydrogen-bond acceptors (Lipinski definition) is 4. The minimum atomic E-state index is -0.736. The fraction of sp³-hybridized carbons (Fsp3) is 0.375. The quantitative estimate of drug-likeness (QED) is 0.375. The Kier molecular flexibility index (Phi) is 5.77. The number of nitriles is 2. The lowest BCUT2D eigenvalue weighted by molar-refractivity contribution is 1.13. The van der Waals surface area contributed by atoms with Crippen molar-refractivity contribution in [3.05, 3.63) is 12.7 Å². The van der Waals surface area contributed by atoms with Crippen molar-refractivity contribution in [3.8, 4) is 12.1 Å². The van der Waals surface area contributed by atoms with Gasteiger partial charge in [-0.05, 0) is 6.26 Å². The van der Waals surface area contributed by atoms with Gasteiger partial charge in [0, 0.05) is 0 Å². The van der Waals surface area contributed by atoms with Gasteiger partial charge in [-0.25, -0.2) is 0 Å². The predicted octanol–water partition coefficient (Wildman–Crippen LogP) is 1.60. The van der Waals surface area contributed by atoms with Gasteiger partial charge in [0.2, 0.25) is 0 Å². The highest BCUT2D eigenvalue weighted by Gasteiger charge is 2.12. The third-order valence-electron chi connectivity index (χ3n) is 1.09. The number of nitrogens with zero attached hydrogens (tertiary/aromatic N) is 3. The minimum absolute atomic E-state index is 0.454. The summed E-state index contributed by atoms with van der Waals surface area (Å²) in [6.45, 7) is 3.95. The fourth-order valence-corrected chi connectivity index (χ4v) is 1.11. The molecule has 0 aromatic heterocycles. The van der Waals surface area contributed by atoms with E-state index in [1.165, 1.54) is 11.8 Å². The molecule has 0 fully saturated rings. The van der Waals surface area contributed by atoms with E-state index in [2.05, 4.69) is 11.6 Å². The second kappa shape index (κ2) is 6.45. The zero-order valence-corrected chi connectivity index (χ0v) is 7.64. The topological polar surface area (TPSA) is 59.9 Å². The van der Waals surface area contributed by atoms with Crippen LogP contribution in [0.3, 0.4) is 0 Å². The maximum absolute atomic E-state index is 8.53. The van der Waals surface area contributed by atoms with Gasteiger partial charge in [-0.1, -0.05) is 6.08 Å². The lowest BCUT2D eigenvalue weighted by atomic mass is 10.2. The summed E-state index contributed by atoms with van der Waals surface area (Å²) in [5.74, 6) is -0.736. The lowest BCUT2D eigenvalue weighted by Gasteiger charge is -2.00. The van der Waals surface area contributed by atoms with Crippen LogP contribution in [-0.4, -0.2) is 17.8 Å². The van der Waals surface area contributed by atoms with Crippen LogP contribution in [0, 0.1) is 28.6 Å².